The molecule has 0 saturated carbocycles. The summed E-state index contributed by atoms with van der Waals surface area (Å²) in [4.78, 5) is 27.0. The first-order valence-electron chi connectivity index (χ1n) is 27.9. The zero-order chi connectivity index (χ0) is 45.8. The fourth-order valence-corrected chi connectivity index (χ4v) is 19.8. The summed E-state index contributed by atoms with van der Waals surface area (Å²) < 4.78 is 14.7. The second-order valence-corrected chi connectivity index (χ2v) is 30.3. The van der Waals surface area contributed by atoms with Gasteiger partial charge in [-0.15, -0.1) is 0 Å². The Morgan fingerprint density at radius 2 is 0.571 bits per heavy atom. The summed E-state index contributed by atoms with van der Waals surface area (Å²) in [5, 5.41) is 0. The van der Waals surface area contributed by atoms with Crippen LogP contribution < -0.4 is 0 Å². The van der Waals surface area contributed by atoms with E-state index >= 15 is 0 Å². The van der Waals surface area contributed by atoms with Crippen LogP contribution in [-0.2, 0) is 15.7 Å². The van der Waals surface area contributed by atoms with E-state index in [0.29, 0.717) is 11.5 Å². The first-order chi connectivity index (χ1) is 31.0. The number of hydrogen-bond donors (Lipinski definition) is 0. The molecule has 4 nitrogen and oxygen atoms in total. The molecule has 7 heteroatoms. The van der Waals surface area contributed by atoms with Crippen LogP contribution in [0.15, 0.2) is 24.3 Å². The average Bonchev–Trinajstić information content (AvgIpc) is 3.28. The van der Waals surface area contributed by atoms with E-state index in [2.05, 4.69) is 52.0 Å². The van der Waals surface area contributed by atoms with Gasteiger partial charge >= 0.3 is 283 Å². The smallest absolute Gasteiger partial charge is 0.0885 e. The molecule has 0 radical (unpaired) electrons. The van der Waals surface area contributed by atoms with Gasteiger partial charge in [0, 0.05) is 0 Å². The van der Waals surface area contributed by atoms with E-state index in [-0.39, 0.29) is 11.9 Å². The topological polar surface area (TPSA) is 52.6 Å². The van der Waals surface area contributed by atoms with E-state index in [1.165, 1.54) is 218 Å². The summed E-state index contributed by atoms with van der Waals surface area (Å²) >= 11 is -0.553. The van der Waals surface area contributed by atoms with Gasteiger partial charge in [0.1, 0.15) is 0 Å². The zero-order valence-corrected chi connectivity index (χ0v) is 47.3. The first kappa shape index (κ1) is 62.9. The van der Waals surface area contributed by atoms with Crippen LogP contribution in [0.5, 0.6) is 0 Å². The third-order valence-corrected chi connectivity index (χ3v) is 24.3. The van der Waals surface area contributed by atoms with E-state index in [0.717, 1.165) is 58.9 Å². The first-order valence-corrected chi connectivity index (χ1v) is 36.6. The van der Waals surface area contributed by atoms with Crippen LogP contribution >= 0.6 is 23.5 Å². The van der Waals surface area contributed by atoms with Gasteiger partial charge in [-0.3, -0.25) is 0 Å². The molecule has 0 amide bonds. The molecule has 0 saturated heterocycles. The number of hydrogen-bond acceptors (Lipinski definition) is 6. The summed E-state index contributed by atoms with van der Waals surface area (Å²) in [6.07, 6.45) is 60.6. The molecule has 0 atom stereocenters. The Morgan fingerprint density at radius 3 is 0.857 bits per heavy atom. The molecule has 0 rings (SSSR count). The number of allylic oxidation sites excluding steroid dienone is 4. The van der Waals surface area contributed by atoms with Crippen LogP contribution in [0, 0.1) is 0 Å². The van der Waals surface area contributed by atoms with Crippen molar-refractivity contribution in [3.8, 4) is 0 Å². The Bertz CT molecular complexity index is 926. The minimum Gasteiger partial charge on any atom is -0.0885 e. The van der Waals surface area contributed by atoms with E-state index in [1.54, 1.807) is 23.5 Å². The second-order valence-electron chi connectivity index (χ2n) is 18.9. The SMILES string of the molecule is CCCCCCCC/C=C\CCCCCCCCSCC(=O)[O][Sn]([CH2]CCCCCCC)([CH2]CCCCCCC)[O]C(=O)CSCCCCCCCC/C=C\CCCCCCCC. The molecule has 0 unspecified atom stereocenters. The van der Waals surface area contributed by atoms with Crippen molar-refractivity contribution in [2.24, 2.45) is 0 Å². The fraction of sp³-hybridized carbons (Fsp3) is 0.893. The van der Waals surface area contributed by atoms with Gasteiger partial charge in [-0.2, -0.15) is 0 Å². The molecule has 0 bridgehead atoms. The monoisotopic (exact) mass is 1030 g/mol. The number of thioether (sulfide) groups is 2. The van der Waals surface area contributed by atoms with Crippen molar-refractivity contribution in [1.29, 1.82) is 0 Å². The van der Waals surface area contributed by atoms with Gasteiger partial charge in [-0.1, -0.05) is 102 Å². The van der Waals surface area contributed by atoms with E-state index in [4.69, 9.17) is 6.15 Å². The van der Waals surface area contributed by atoms with Crippen LogP contribution in [0.3, 0.4) is 0 Å². The summed E-state index contributed by atoms with van der Waals surface area (Å²) in [6, 6.07) is 0. The van der Waals surface area contributed by atoms with E-state index < -0.39 is 19.2 Å². The molecule has 0 aliphatic rings. The number of unbranched alkanes of at least 4 members (excludes halogenated alkanes) is 34. The van der Waals surface area contributed by atoms with Gasteiger partial charge in [-0.25, -0.2) is 0 Å². The summed E-state index contributed by atoms with van der Waals surface area (Å²) in [6.45, 7) is 9.08. The van der Waals surface area contributed by atoms with Gasteiger partial charge in [-0.05, 0) is 25.7 Å². The molecule has 0 aromatic rings. The minimum absolute atomic E-state index is 0.123. The zero-order valence-electron chi connectivity index (χ0n) is 42.8. The predicted molar refractivity (Wildman–Crippen MR) is 288 cm³/mol. The molecule has 0 aromatic heterocycles. The Hall–Kier alpha value is -0.0813. The van der Waals surface area contributed by atoms with Crippen molar-refractivity contribution >= 4 is 54.7 Å². The average molecular weight is 1030 g/mol. The Morgan fingerprint density at radius 1 is 0.333 bits per heavy atom. The fourth-order valence-electron chi connectivity index (χ4n) is 8.39. The normalized spacial score (nSPS) is 12.0. The summed E-state index contributed by atoms with van der Waals surface area (Å²) in [7, 11) is 0. The van der Waals surface area contributed by atoms with Crippen LogP contribution in [-0.4, -0.2) is 54.2 Å². The molecule has 372 valence electrons. The van der Waals surface area contributed by atoms with E-state index in [9.17, 15) is 9.59 Å². The Balaban J connectivity index is 4.69. The summed E-state index contributed by atoms with van der Waals surface area (Å²) in [5.74, 6) is 2.53. The predicted octanol–water partition coefficient (Wildman–Crippen LogP) is 19.8. The van der Waals surface area contributed by atoms with Crippen LogP contribution in [0.25, 0.3) is 0 Å². The van der Waals surface area contributed by atoms with Gasteiger partial charge in [0.15, 0.2) is 0 Å². The molecule has 0 heterocycles. The summed E-state index contributed by atoms with van der Waals surface area (Å²) in [5.41, 5.74) is 0. The number of rotatable bonds is 52. The molecule has 0 spiro atoms. The molecule has 0 aromatic carbocycles. The standard InChI is InChI=1S/2C20H38O2S.2C8H17.Sn/c2*1-2-3-4-5-6-7-8-9-10-11-12-13-14-15-16-17-18-23-19-20(21)22;2*1-3-5-7-8-6-4-2;/h2*9-10H,2-8,11-19H2,1H3,(H,21,22);2*1,3-8H2,2H3;/q;;;;+2/p-2/b2*10-9-;;;. The Kier molecular flexibility index (Phi) is 52.8. The van der Waals surface area contributed by atoms with Gasteiger partial charge in [0.25, 0.3) is 0 Å². The van der Waals surface area contributed by atoms with Crippen LogP contribution in [0.2, 0.25) is 8.87 Å². The van der Waals surface area contributed by atoms with Crippen molar-refractivity contribution in [3.05, 3.63) is 24.3 Å². The number of carbonyl (C=O) groups is 2. The molecule has 0 aliphatic carbocycles. The second kappa shape index (κ2) is 52.9. The molecule has 0 fully saturated rings. The van der Waals surface area contributed by atoms with Crippen molar-refractivity contribution < 1.29 is 15.7 Å². The van der Waals surface area contributed by atoms with Crippen LogP contribution in [0.1, 0.15) is 285 Å². The van der Waals surface area contributed by atoms with Crippen molar-refractivity contribution in [1.82, 2.24) is 0 Å². The van der Waals surface area contributed by atoms with Crippen molar-refractivity contribution in [3.63, 3.8) is 0 Å². The van der Waals surface area contributed by atoms with Crippen molar-refractivity contribution in [2.45, 2.75) is 293 Å². The minimum atomic E-state index is -3.99. The maximum atomic E-state index is 13.5. The maximum absolute atomic E-state index is 13.5. The van der Waals surface area contributed by atoms with E-state index in [1.807, 2.05) is 0 Å². The Labute approximate surface area is 408 Å². The number of carbonyl (C=O) groups excluding carboxylic acids is 2. The third kappa shape index (κ3) is 48.2. The molecular weight excluding hydrogens is 919 g/mol. The molecular formula is C56H108O4S2Sn. The quantitative estimate of drug-likeness (QED) is 0.0344. The van der Waals surface area contributed by atoms with Gasteiger partial charge in [0.2, 0.25) is 0 Å². The molecule has 0 aliphatic heterocycles. The third-order valence-electron chi connectivity index (χ3n) is 12.5. The van der Waals surface area contributed by atoms with Crippen LogP contribution in [0.4, 0.5) is 0 Å². The van der Waals surface area contributed by atoms with Crippen molar-refractivity contribution in [2.75, 3.05) is 23.0 Å². The van der Waals surface area contributed by atoms with Gasteiger partial charge < -0.3 is 0 Å². The molecule has 0 N–H and O–H groups in total. The van der Waals surface area contributed by atoms with Gasteiger partial charge in [0.05, 0.1) is 0 Å². The molecule has 63 heavy (non-hydrogen) atoms.